The molecule has 0 aromatic heterocycles. The van der Waals surface area contributed by atoms with Crippen molar-refractivity contribution in [2.75, 3.05) is 39.8 Å². The predicted octanol–water partition coefficient (Wildman–Crippen LogP) is 1.90. The van der Waals surface area contributed by atoms with Gasteiger partial charge in [-0.1, -0.05) is 6.07 Å². The second-order valence-electron chi connectivity index (χ2n) is 5.85. The number of amides is 1. The van der Waals surface area contributed by atoms with Gasteiger partial charge in [0, 0.05) is 44.7 Å². The van der Waals surface area contributed by atoms with Crippen LogP contribution in [0.15, 0.2) is 24.3 Å². The number of hydrogen-bond acceptors (Lipinski definition) is 5. The summed E-state index contributed by atoms with van der Waals surface area (Å²) >= 11 is 0. The Morgan fingerprint density at radius 1 is 1.29 bits per heavy atom. The number of carbonyl (C=O) groups is 1. The summed E-state index contributed by atoms with van der Waals surface area (Å²) in [6.45, 7) is 3.46. The number of rotatable bonds is 6. The Morgan fingerprint density at radius 3 is 2.67 bits per heavy atom. The van der Waals surface area contributed by atoms with Crippen LogP contribution in [0, 0.1) is 28.6 Å². The highest BCUT2D eigenvalue weighted by Gasteiger charge is 2.24. The molecule has 0 N–H and O–H groups in total. The van der Waals surface area contributed by atoms with Crippen molar-refractivity contribution in [3.05, 3.63) is 29.8 Å². The van der Waals surface area contributed by atoms with Gasteiger partial charge in [0.2, 0.25) is 0 Å². The lowest BCUT2D eigenvalue weighted by molar-refractivity contribution is 0.0625. The van der Waals surface area contributed by atoms with Gasteiger partial charge in [0.25, 0.3) is 5.91 Å². The van der Waals surface area contributed by atoms with E-state index in [1.54, 1.807) is 19.2 Å². The molecule has 1 heterocycles. The molecule has 6 nitrogen and oxygen atoms in total. The van der Waals surface area contributed by atoms with E-state index in [4.69, 9.17) is 15.3 Å². The molecule has 1 aromatic rings. The molecule has 2 rings (SSSR count). The van der Waals surface area contributed by atoms with Crippen LogP contribution in [0.4, 0.5) is 0 Å². The summed E-state index contributed by atoms with van der Waals surface area (Å²) in [7, 11) is 1.58. The molecular formula is C18H22N4O2. The third kappa shape index (κ3) is 4.71. The molecule has 24 heavy (non-hydrogen) atoms. The number of benzene rings is 1. The van der Waals surface area contributed by atoms with Gasteiger partial charge in [-0.3, -0.25) is 9.69 Å². The Labute approximate surface area is 142 Å². The van der Waals surface area contributed by atoms with Gasteiger partial charge in [-0.2, -0.15) is 10.5 Å². The number of methoxy groups -OCH3 is 1. The molecular weight excluding hydrogens is 304 g/mol. The zero-order valence-corrected chi connectivity index (χ0v) is 13.9. The highest BCUT2D eigenvalue weighted by molar-refractivity contribution is 5.94. The lowest BCUT2D eigenvalue weighted by Crippen LogP contribution is -2.49. The third-order valence-corrected chi connectivity index (χ3v) is 4.24. The first-order valence-corrected chi connectivity index (χ1v) is 8.10. The molecule has 0 bridgehead atoms. The average Bonchev–Trinajstić information content (AvgIpc) is 2.65. The Morgan fingerprint density at radius 2 is 2.04 bits per heavy atom. The molecule has 126 valence electrons. The SMILES string of the molecule is COc1cccc(C(=O)N2CCN(CC(C#N)CCC#N)CC2)c1. The van der Waals surface area contributed by atoms with E-state index in [1.165, 1.54) is 0 Å². The largest absolute Gasteiger partial charge is 0.497 e. The van der Waals surface area contributed by atoms with Gasteiger partial charge < -0.3 is 9.64 Å². The number of piperazine rings is 1. The topological polar surface area (TPSA) is 80.4 Å². The van der Waals surface area contributed by atoms with Crippen molar-refractivity contribution in [1.29, 1.82) is 10.5 Å². The van der Waals surface area contributed by atoms with E-state index >= 15 is 0 Å². The monoisotopic (exact) mass is 326 g/mol. The fourth-order valence-electron chi connectivity index (χ4n) is 2.82. The lowest BCUT2D eigenvalue weighted by atomic mass is 10.0. The highest BCUT2D eigenvalue weighted by Crippen LogP contribution is 2.16. The van der Waals surface area contributed by atoms with Crippen LogP contribution in [0.2, 0.25) is 0 Å². The van der Waals surface area contributed by atoms with E-state index in [0.29, 0.717) is 43.8 Å². The Hall–Kier alpha value is -2.57. The summed E-state index contributed by atoms with van der Waals surface area (Å²) in [6.07, 6.45) is 1.02. The van der Waals surface area contributed by atoms with Gasteiger partial charge in [0.15, 0.2) is 0 Å². The van der Waals surface area contributed by atoms with E-state index in [0.717, 1.165) is 13.1 Å². The molecule has 1 fully saturated rings. The van der Waals surface area contributed by atoms with Crippen LogP contribution < -0.4 is 4.74 Å². The second kappa shape index (κ2) is 8.90. The van der Waals surface area contributed by atoms with Crippen LogP contribution in [0.3, 0.4) is 0 Å². The molecule has 0 aliphatic carbocycles. The smallest absolute Gasteiger partial charge is 0.254 e. The highest BCUT2D eigenvalue weighted by atomic mass is 16.5. The Balaban J connectivity index is 1.87. The molecule has 0 radical (unpaired) electrons. The molecule has 0 saturated carbocycles. The first-order valence-electron chi connectivity index (χ1n) is 8.10. The number of nitriles is 2. The van der Waals surface area contributed by atoms with Crippen molar-refractivity contribution in [1.82, 2.24) is 9.80 Å². The van der Waals surface area contributed by atoms with Crippen LogP contribution in [0.1, 0.15) is 23.2 Å². The summed E-state index contributed by atoms with van der Waals surface area (Å²) in [5.74, 6) is 0.564. The number of nitrogens with zero attached hydrogens (tertiary/aromatic N) is 4. The maximum absolute atomic E-state index is 12.6. The quantitative estimate of drug-likeness (QED) is 0.797. The maximum Gasteiger partial charge on any atom is 0.254 e. The Kier molecular flexibility index (Phi) is 6.60. The van der Waals surface area contributed by atoms with E-state index in [-0.39, 0.29) is 11.8 Å². The van der Waals surface area contributed by atoms with Crippen molar-refractivity contribution in [2.45, 2.75) is 12.8 Å². The van der Waals surface area contributed by atoms with Crippen molar-refractivity contribution < 1.29 is 9.53 Å². The summed E-state index contributed by atoms with van der Waals surface area (Å²) in [5, 5.41) is 17.8. The first kappa shape index (κ1) is 17.8. The van der Waals surface area contributed by atoms with Crippen LogP contribution in [0.5, 0.6) is 5.75 Å². The van der Waals surface area contributed by atoms with Gasteiger partial charge in [0.05, 0.1) is 25.2 Å². The number of carbonyl (C=O) groups excluding carboxylic acids is 1. The zero-order valence-electron chi connectivity index (χ0n) is 13.9. The molecule has 6 heteroatoms. The fraction of sp³-hybridized carbons (Fsp3) is 0.500. The molecule has 1 unspecified atom stereocenters. The Bertz CT molecular complexity index is 639. The van der Waals surface area contributed by atoms with Crippen molar-refractivity contribution in [3.8, 4) is 17.9 Å². The van der Waals surface area contributed by atoms with E-state index in [1.807, 2.05) is 17.0 Å². The van der Waals surface area contributed by atoms with Crippen LogP contribution in [-0.2, 0) is 0 Å². The average molecular weight is 326 g/mol. The molecule has 1 atom stereocenters. The standard InChI is InChI=1S/C18H22N4O2/c1-24-17-6-2-5-16(12-17)18(23)22-10-8-21(9-11-22)14-15(13-20)4-3-7-19/h2,5-6,12,15H,3-4,8-11,14H2,1H3. The van der Waals surface area contributed by atoms with E-state index in [9.17, 15) is 4.79 Å². The molecule has 1 aliphatic heterocycles. The summed E-state index contributed by atoms with van der Waals surface area (Å²) in [6, 6.07) is 11.5. The lowest BCUT2D eigenvalue weighted by Gasteiger charge is -2.35. The summed E-state index contributed by atoms with van der Waals surface area (Å²) in [5.41, 5.74) is 0.631. The van der Waals surface area contributed by atoms with Gasteiger partial charge in [-0.15, -0.1) is 0 Å². The van der Waals surface area contributed by atoms with Gasteiger partial charge in [0.1, 0.15) is 5.75 Å². The van der Waals surface area contributed by atoms with Crippen molar-refractivity contribution in [3.63, 3.8) is 0 Å². The van der Waals surface area contributed by atoms with E-state index in [2.05, 4.69) is 17.0 Å². The minimum absolute atomic E-state index is 0.00913. The third-order valence-electron chi connectivity index (χ3n) is 4.24. The van der Waals surface area contributed by atoms with Crippen LogP contribution in [-0.4, -0.2) is 55.5 Å². The number of hydrogen-bond donors (Lipinski definition) is 0. The number of ether oxygens (including phenoxy) is 1. The fourth-order valence-corrected chi connectivity index (χ4v) is 2.82. The molecule has 1 amide bonds. The molecule has 1 saturated heterocycles. The molecule has 1 aliphatic rings. The van der Waals surface area contributed by atoms with Crippen LogP contribution in [0.25, 0.3) is 0 Å². The molecule has 1 aromatic carbocycles. The summed E-state index contributed by atoms with van der Waals surface area (Å²) in [4.78, 5) is 16.6. The summed E-state index contributed by atoms with van der Waals surface area (Å²) < 4.78 is 5.17. The minimum atomic E-state index is -0.120. The minimum Gasteiger partial charge on any atom is -0.497 e. The molecule has 0 spiro atoms. The maximum atomic E-state index is 12.6. The van der Waals surface area contributed by atoms with Crippen molar-refractivity contribution >= 4 is 5.91 Å². The normalized spacial score (nSPS) is 16.0. The second-order valence-corrected chi connectivity index (χ2v) is 5.85. The van der Waals surface area contributed by atoms with Gasteiger partial charge in [-0.05, 0) is 24.6 Å². The zero-order chi connectivity index (χ0) is 17.4. The van der Waals surface area contributed by atoms with Crippen molar-refractivity contribution in [2.24, 2.45) is 5.92 Å². The van der Waals surface area contributed by atoms with Crippen LogP contribution >= 0.6 is 0 Å². The van der Waals surface area contributed by atoms with Gasteiger partial charge >= 0.3 is 0 Å². The first-order chi connectivity index (χ1) is 11.7. The predicted molar refractivity (Wildman–Crippen MR) is 89.3 cm³/mol. The van der Waals surface area contributed by atoms with E-state index < -0.39 is 0 Å². The van der Waals surface area contributed by atoms with Gasteiger partial charge in [-0.25, -0.2) is 0 Å².